The fourth-order valence-electron chi connectivity index (χ4n) is 10.6. The summed E-state index contributed by atoms with van der Waals surface area (Å²) in [5.74, 6) is -5.54. The summed E-state index contributed by atoms with van der Waals surface area (Å²) in [5, 5.41) is 67.4. The van der Waals surface area contributed by atoms with Crippen molar-refractivity contribution >= 4 is 106 Å². The van der Waals surface area contributed by atoms with E-state index in [1.807, 2.05) is 42.5 Å². The lowest BCUT2D eigenvalue weighted by Crippen LogP contribution is -2.61. The summed E-state index contributed by atoms with van der Waals surface area (Å²) in [6, 6.07) is 43.6. The molecule has 9 aromatic rings. The van der Waals surface area contributed by atoms with Gasteiger partial charge >= 0.3 is 0 Å². The van der Waals surface area contributed by atoms with Crippen LogP contribution in [0.5, 0.6) is 34.5 Å². The Morgan fingerprint density at radius 1 is 0.485 bits per heavy atom. The van der Waals surface area contributed by atoms with E-state index in [0.29, 0.717) is 5.69 Å². The van der Waals surface area contributed by atoms with Gasteiger partial charge < -0.3 is 40.4 Å². The topological polar surface area (TPSA) is 159 Å². The highest BCUT2D eigenvalue weighted by molar-refractivity contribution is 7.00. The van der Waals surface area contributed by atoms with E-state index in [9.17, 15) is 30.6 Å². The maximum atomic E-state index is 11.8. The molecule has 0 saturated carbocycles. The van der Waals surface area contributed by atoms with Gasteiger partial charge in [0.25, 0.3) is 12.3 Å². The molecule has 0 atom stereocenters. The molecular formula is C52H36B3N3O8. The van der Waals surface area contributed by atoms with Crippen LogP contribution in [-0.2, 0) is 5.41 Å². The predicted octanol–water partition coefficient (Wildman–Crippen LogP) is 7.61. The highest BCUT2D eigenvalue weighted by Crippen LogP contribution is 2.53. The molecule has 8 aromatic carbocycles. The molecule has 0 fully saturated rings. The minimum atomic E-state index is -1.10. The van der Waals surface area contributed by atoms with Gasteiger partial charge in [0.05, 0.1) is 0 Å². The largest absolute Gasteiger partial charge is 0.509 e. The molecule has 4 radical (unpaired) electrons. The van der Waals surface area contributed by atoms with Crippen molar-refractivity contribution in [2.75, 3.05) is 9.80 Å². The fourth-order valence-corrected chi connectivity index (χ4v) is 10.6. The molecule has 0 bridgehead atoms. The van der Waals surface area contributed by atoms with Gasteiger partial charge in [0.1, 0.15) is 38.2 Å². The number of benzene rings is 8. The van der Waals surface area contributed by atoms with Crippen molar-refractivity contribution in [1.29, 1.82) is 0 Å². The molecule has 3 heterocycles. The lowest BCUT2D eigenvalue weighted by molar-refractivity contribution is 0.0897. The highest BCUT2D eigenvalue weighted by Gasteiger charge is 2.44. The maximum absolute atomic E-state index is 11.8. The van der Waals surface area contributed by atoms with Gasteiger partial charge in [-0.2, -0.15) is 0 Å². The number of phenols is 6. The minimum absolute atomic E-state index is 0.232. The number of para-hydroxylation sites is 2. The molecule has 1 aliphatic carbocycles. The summed E-state index contributed by atoms with van der Waals surface area (Å²) >= 11 is 0. The van der Waals surface area contributed by atoms with Gasteiger partial charge in [-0.25, -0.2) is 0 Å². The van der Waals surface area contributed by atoms with Gasteiger partial charge in [0, 0.05) is 45.2 Å². The van der Waals surface area contributed by atoms with Crippen LogP contribution in [0.25, 0.3) is 39.0 Å². The van der Waals surface area contributed by atoms with Crippen LogP contribution in [0, 0.1) is 6.92 Å². The second-order valence-corrected chi connectivity index (χ2v) is 17.6. The number of fused-ring (bicyclic) bond motifs is 9. The van der Waals surface area contributed by atoms with Gasteiger partial charge in [-0.15, -0.1) is 0 Å². The molecule has 14 heteroatoms. The van der Waals surface area contributed by atoms with E-state index in [0.717, 1.165) is 61.5 Å². The van der Waals surface area contributed by atoms with E-state index in [4.69, 9.17) is 24.8 Å². The first-order valence-electron chi connectivity index (χ1n) is 21.3. The van der Waals surface area contributed by atoms with Crippen molar-refractivity contribution < 1.29 is 39.8 Å². The summed E-state index contributed by atoms with van der Waals surface area (Å²) in [4.78, 5) is 4.53. The molecule has 316 valence electrons. The van der Waals surface area contributed by atoms with Crippen LogP contribution in [0.1, 0.15) is 30.5 Å². The van der Waals surface area contributed by atoms with E-state index < -0.39 is 62.1 Å². The van der Waals surface area contributed by atoms with Crippen LogP contribution in [-0.4, -0.2) is 57.6 Å². The number of hydrogen-bond acceptors (Lipinski definition) is 10. The second-order valence-electron chi connectivity index (χ2n) is 17.6. The molecule has 0 unspecified atom stereocenters. The molecule has 0 amide bonds. The van der Waals surface area contributed by atoms with Crippen molar-refractivity contribution in [3.8, 4) is 51.3 Å². The van der Waals surface area contributed by atoms with Crippen molar-refractivity contribution in [1.82, 2.24) is 4.57 Å². The Hall–Kier alpha value is -8.25. The Balaban J connectivity index is 1.22. The summed E-state index contributed by atoms with van der Waals surface area (Å²) in [7, 11) is 12.6. The van der Waals surface area contributed by atoms with E-state index in [1.165, 1.54) is 15.7 Å². The third kappa shape index (κ3) is 5.12. The number of anilines is 6. The monoisotopic (exact) mass is 863 g/mol. The van der Waals surface area contributed by atoms with Crippen LogP contribution in [0.3, 0.4) is 0 Å². The minimum Gasteiger partial charge on any atom is -0.509 e. The van der Waals surface area contributed by atoms with Gasteiger partial charge in [0.2, 0.25) is 22.8 Å². The Morgan fingerprint density at radius 2 is 1.09 bits per heavy atom. The molecule has 66 heavy (non-hydrogen) atoms. The lowest BCUT2D eigenvalue weighted by Gasteiger charge is -2.44. The average molecular weight is 863 g/mol. The zero-order valence-electron chi connectivity index (χ0n) is 35.7. The summed E-state index contributed by atoms with van der Waals surface area (Å²) in [6.45, 7) is 6.25. The van der Waals surface area contributed by atoms with Gasteiger partial charge in [-0.05, 0) is 117 Å². The molecule has 6 N–H and O–H groups in total. The highest BCUT2D eigenvalue weighted by atomic mass is 17.0. The van der Waals surface area contributed by atoms with Crippen molar-refractivity contribution in [3.05, 3.63) is 144 Å². The third-order valence-electron chi connectivity index (χ3n) is 13.6. The molecular weight excluding hydrogens is 827 g/mol. The first-order chi connectivity index (χ1) is 31.8. The zero-order chi connectivity index (χ0) is 45.7. The van der Waals surface area contributed by atoms with Crippen LogP contribution in [0.15, 0.2) is 137 Å². The molecule has 1 aromatic heterocycles. The Kier molecular flexibility index (Phi) is 8.13. The molecule has 0 saturated heterocycles. The summed E-state index contributed by atoms with van der Waals surface area (Å²) < 4.78 is 12.3. The number of aromatic hydroxyl groups is 6. The average Bonchev–Trinajstić information content (AvgIpc) is 3.42. The smallest absolute Gasteiger partial charge is 0.252 e. The number of phenolic OH excluding ortho intramolecular Hbond substituents is 6. The molecule has 0 spiro atoms. The molecule has 2 aliphatic heterocycles. The van der Waals surface area contributed by atoms with E-state index in [-0.39, 0.29) is 23.3 Å². The quantitative estimate of drug-likeness (QED) is 0.0452. The number of nitrogens with zero attached hydrogens (tertiary/aromatic N) is 3. The third-order valence-corrected chi connectivity index (χ3v) is 13.6. The van der Waals surface area contributed by atoms with Gasteiger partial charge in [-0.3, -0.25) is 13.7 Å². The van der Waals surface area contributed by atoms with Crippen molar-refractivity contribution in [2.24, 2.45) is 0 Å². The van der Waals surface area contributed by atoms with Gasteiger partial charge in [0.15, 0.2) is 5.75 Å². The lowest BCUT2D eigenvalue weighted by atomic mass is 9.33. The Morgan fingerprint density at radius 3 is 1.86 bits per heavy atom. The Bertz CT molecular complexity index is 3590. The maximum Gasteiger partial charge on any atom is 0.252 e. The number of aryl methyl sites for hydroxylation is 1. The SMILES string of the molecule is [B]c1c(O)c([B])c2ooc3c(O)c(O)c(O)c(O)c3n(-c3ccc4c(c3)N(c3ccc5c(c3)C(C)(C)c3ccccc3-5)c3cc(C)cc5c3B4c3ccccc3N5c3ccccc3)c2c1O. The van der Waals surface area contributed by atoms with E-state index in [1.54, 1.807) is 6.07 Å². The van der Waals surface area contributed by atoms with Crippen molar-refractivity contribution in [3.63, 3.8) is 0 Å². The summed E-state index contributed by atoms with van der Waals surface area (Å²) in [5.41, 5.74) is 11.4. The molecule has 12 rings (SSSR count). The summed E-state index contributed by atoms with van der Waals surface area (Å²) in [6.07, 6.45) is 0. The number of aromatic nitrogens is 1. The molecule has 3 aliphatic rings. The first-order valence-corrected chi connectivity index (χ1v) is 21.3. The predicted molar refractivity (Wildman–Crippen MR) is 260 cm³/mol. The zero-order valence-corrected chi connectivity index (χ0v) is 35.7. The standard InChI is InChI=1S/C52H36B3N3O8/c1-25-21-37-41-38(22-25)57(27-17-19-30-29-13-7-8-14-31(29)52(2,3)32(30)23-27)36-24-28(18-20-34(36)55(41)33-15-9-10-16-35(33)56(37)26-11-5-4-6-12-26)58-42-45(60)39(53)44(59)40(54)50(42)65-66-51-43(58)46(61)47(62)48(63)49(51)64/h4-24,59-64H,1-3H3. The second kappa shape index (κ2) is 13.6. The van der Waals surface area contributed by atoms with E-state index in [2.05, 4.69) is 109 Å². The normalized spacial score (nSPS) is 13.9. The number of rotatable bonds is 3. The Labute approximate surface area is 380 Å². The van der Waals surface area contributed by atoms with Crippen LogP contribution < -0.4 is 37.1 Å². The van der Waals surface area contributed by atoms with E-state index >= 15 is 0 Å². The first kappa shape index (κ1) is 39.4. The number of hydrogen-bond donors (Lipinski definition) is 6. The van der Waals surface area contributed by atoms with Crippen LogP contribution in [0.4, 0.5) is 34.1 Å². The van der Waals surface area contributed by atoms with Gasteiger partial charge in [-0.1, -0.05) is 86.6 Å². The fraction of sp³-hybridized carbons (Fsp3) is 0.0769. The van der Waals surface area contributed by atoms with Crippen LogP contribution in [0.2, 0.25) is 0 Å². The molecule has 11 nitrogen and oxygen atoms in total. The van der Waals surface area contributed by atoms with Crippen molar-refractivity contribution in [2.45, 2.75) is 26.2 Å². The van der Waals surface area contributed by atoms with Crippen LogP contribution >= 0.6 is 0 Å².